The Kier molecular flexibility index (Phi) is 3.58. The van der Waals surface area contributed by atoms with E-state index in [1.807, 2.05) is 0 Å². The Morgan fingerprint density at radius 1 is 1.71 bits per heavy atom. The van der Waals surface area contributed by atoms with Gasteiger partial charge >= 0.3 is 5.00 Å². The summed E-state index contributed by atoms with van der Waals surface area (Å²) < 4.78 is 0. The maximum atomic E-state index is 10.7. The summed E-state index contributed by atoms with van der Waals surface area (Å²) in [6.07, 6.45) is 4.61. The van der Waals surface area contributed by atoms with Gasteiger partial charge in [-0.05, 0) is 37.5 Å². The molecule has 6 nitrogen and oxygen atoms in total. The molecule has 0 radical (unpaired) electrons. The van der Waals surface area contributed by atoms with Crippen LogP contribution in [0.4, 0.5) is 10.1 Å². The molecule has 17 heavy (non-hydrogen) atoms. The molecule has 7 heteroatoms. The van der Waals surface area contributed by atoms with Gasteiger partial charge in [-0.25, -0.2) is 4.98 Å². The molecule has 1 aromatic heterocycles. The van der Waals surface area contributed by atoms with Crippen LogP contribution in [0.2, 0.25) is 0 Å². The van der Waals surface area contributed by atoms with Crippen molar-refractivity contribution < 1.29 is 4.92 Å². The summed E-state index contributed by atoms with van der Waals surface area (Å²) >= 11 is 1.13. The number of nitrogens with zero attached hydrogens (tertiary/aromatic N) is 3. The highest BCUT2D eigenvalue weighted by atomic mass is 32.1. The van der Waals surface area contributed by atoms with Crippen LogP contribution in [0.3, 0.4) is 0 Å². The van der Waals surface area contributed by atoms with Gasteiger partial charge in [0, 0.05) is 18.6 Å². The highest BCUT2D eigenvalue weighted by Gasteiger charge is 2.30. The fourth-order valence-electron chi connectivity index (χ4n) is 2.32. The van der Waals surface area contributed by atoms with E-state index in [-0.39, 0.29) is 11.0 Å². The molecule has 2 heterocycles. The lowest BCUT2D eigenvalue weighted by Gasteiger charge is -2.40. The molecule has 1 aliphatic rings. The Morgan fingerprint density at radius 2 is 2.47 bits per heavy atom. The number of hydrogen-bond acceptors (Lipinski definition) is 6. The predicted octanol–water partition coefficient (Wildman–Crippen LogP) is 1.76. The Hall–Kier alpha value is -1.21. The van der Waals surface area contributed by atoms with Crippen molar-refractivity contribution in [3.8, 4) is 0 Å². The van der Waals surface area contributed by atoms with Crippen LogP contribution in [0.25, 0.3) is 0 Å². The van der Waals surface area contributed by atoms with E-state index < -0.39 is 4.92 Å². The fourth-order valence-corrected chi connectivity index (χ4v) is 3.23. The van der Waals surface area contributed by atoms with Crippen molar-refractivity contribution in [1.29, 1.82) is 0 Å². The largest absolute Gasteiger partial charge is 0.345 e. The molecular weight excluding hydrogens is 240 g/mol. The van der Waals surface area contributed by atoms with Crippen molar-refractivity contribution in [3.05, 3.63) is 16.3 Å². The van der Waals surface area contributed by atoms with Crippen molar-refractivity contribution in [2.45, 2.75) is 38.3 Å². The van der Waals surface area contributed by atoms with Gasteiger partial charge in [-0.1, -0.05) is 0 Å². The van der Waals surface area contributed by atoms with Gasteiger partial charge in [0.1, 0.15) is 6.20 Å². The van der Waals surface area contributed by atoms with Crippen LogP contribution in [0.5, 0.6) is 0 Å². The average Bonchev–Trinajstić information content (AvgIpc) is 2.77. The van der Waals surface area contributed by atoms with Gasteiger partial charge in [0.15, 0.2) is 5.13 Å². The zero-order valence-corrected chi connectivity index (χ0v) is 10.5. The van der Waals surface area contributed by atoms with Gasteiger partial charge in [0.2, 0.25) is 0 Å². The van der Waals surface area contributed by atoms with E-state index >= 15 is 0 Å². The third-order valence-electron chi connectivity index (χ3n) is 3.18. The Morgan fingerprint density at radius 3 is 3.06 bits per heavy atom. The first-order valence-electron chi connectivity index (χ1n) is 5.72. The zero-order chi connectivity index (χ0) is 12.4. The topological polar surface area (TPSA) is 85.3 Å². The van der Waals surface area contributed by atoms with E-state index in [0.29, 0.717) is 12.6 Å². The highest BCUT2D eigenvalue weighted by Crippen LogP contribution is 2.34. The van der Waals surface area contributed by atoms with E-state index in [9.17, 15) is 10.1 Å². The van der Waals surface area contributed by atoms with E-state index in [4.69, 9.17) is 5.73 Å². The summed E-state index contributed by atoms with van der Waals surface area (Å²) in [5.41, 5.74) is 5.76. The molecule has 1 fully saturated rings. The lowest BCUT2D eigenvalue weighted by molar-refractivity contribution is -0.380. The van der Waals surface area contributed by atoms with Crippen molar-refractivity contribution >= 4 is 21.5 Å². The standard InChI is InChI=1S/C10H16N4O2S/c1-7-3-2-4-8(5-11)13(7)10-12-6-9(17-10)14(15)16/h6-8H,2-5,11H2,1H3. The van der Waals surface area contributed by atoms with Gasteiger partial charge in [0.05, 0.1) is 4.92 Å². The molecule has 1 aliphatic heterocycles. The van der Waals surface area contributed by atoms with E-state index in [2.05, 4.69) is 16.8 Å². The molecule has 2 atom stereocenters. The van der Waals surface area contributed by atoms with Crippen molar-refractivity contribution in [2.75, 3.05) is 11.4 Å². The SMILES string of the molecule is CC1CCCC(CN)N1c1ncc([N+](=O)[O-])s1. The van der Waals surface area contributed by atoms with Crippen LogP contribution in [-0.2, 0) is 0 Å². The fraction of sp³-hybridized carbons (Fsp3) is 0.700. The molecular formula is C10H16N4O2S. The quantitative estimate of drug-likeness (QED) is 0.658. The molecule has 94 valence electrons. The van der Waals surface area contributed by atoms with Gasteiger partial charge in [-0.15, -0.1) is 0 Å². The third-order valence-corrected chi connectivity index (χ3v) is 4.14. The Bertz CT molecular complexity index is 409. The monoisotopic (exact) mass is 256 g/mol. The molecule has 0 aromatic carbocycles. The van der Waals surface area contributed by atoms with Gasteiger partial charge in [-0.3, -0.25) is 10.1 Å². The molecule has 2 rings (SSSR count). The molecule has 2 N–H and O–H groups in total. The van der Waals surface area contributed by atoms with Crippen molar-refractivity contribution in [2.24, 2.45) is 5.73 Å². The van der Waals surface area contributed by atoms with Crippen LogP contribution >= 0.6 is 11.3 Å². The second-order valence-electron chi connectivity index (χ2n) is 4.31. The number of piperidine rings is 1. The maximum Gasteiger partial charge on any atom is 0.345 e. The lowest BCUT2D eigenvalue weighted by Crippen LogP contribution is -2.49. The first-order chi connectivity index (χ1) is 8.13. The first-order valence-corrected chi connectivity index (χ1v) is 6.53. The summed E-state index contributed by atoms with van der Waals surface area (Å²) in [6.45, 7) is 2.69. The van der Waals surface area contributed by atoms with E-state index in [0.717, 1.165) is 35.7 Å². The van der Waals surface area contributed by atoms with Crippen LogP contribution in [0.15, 0.2) is 6.20 Å². The van der Waals surface area contributed by atoms with Gasteiger partial charge in [-0.2, -0.15) is 0 Å². The molecule has 0 aliphatic carbocycles. The zero-order valence-electron chi connectivity index (χ0n) is 9.70. The molecule has 0 bridgehead atoms. The van der Waals surface area contributed by atoms with Crippen LogP contribution in [0, 0.1) is 10.1 Å². The minimum atomic E-state index is -0.396. The Balaban J connectivity index is 2.25. The van der Waals surface area contributed by atoms with Crippen LogP contribution < -0.4 is 10.6 Å². The van der Waals surface area contributed by atoms with Gasteiger partial charge in [0.25, 0.3) is 0 Å². The second-order valence-corrected chi connectivity index (χ2v) is 5.30. The Labute approximate surface area is 104 Å². The van der Waals surface area contributed by atoms with E-state index in [1.165, 1.54) is 6.20 Å². The van der Waals surface area contributed by atoms with Crippen LogP contribution in [-0.4, -0.2) is 28.5 Å². The normalized spacial score (nSPS) is 24.9. The molecule has 0 spiro atoms. The number of anilines is 1. The minimum absolute atomic E-state index is 0.0912. The minimum Gasteiger partial charge on any atom is -0.341 e. The molecule has 0 saturated carbocycles. The van der Waals surface area contributed by atoms with E-state index in [1.54, 1.807) is 0 Å². The second kappa shape index (κ2) is 4.97. The molecule has 1 saturated heterocycles. The maximum absolute atomic E-state index is 10.7. The number of rotatable bonds is 3. The number of nitrogens with two attached hydrogens (primary N) is 1. The smallest absolute Gasteiger partial charge is 0.341 e. The summed E-state index contributed by atoms with van der Waals surface area (Å²) in [4.78, 5) is 16.6. The first kappa shape index (κ1) is 12.3. The number of thiazole rings is 1. The lowest BCUT2D eigenvalue weighted by atomic mass is 9.97. The molecule has 0 amide bonds. The van der Waals surface area contributed by atoms with Crippen molar-refractivity contribution in [1.82, 2.24) is 4.98 Å². The van der Waals surface area contributed by atoms with Crippen molar-refractivity contribution in [3.63, 3.8) is 0 Å². The average molecular weight is 256 g/mol. The summed E-state index contributed by atoms with van der Waals surface area (Å²) in [7, 11) is 0. The molecule has 1 aromatic rings. The summed E-state index contributed by atoms with van der Waals surface area (Å²) in [5.74, 6) is 0. The molecule has 2 unspecified atom stereocenters. The number of aromatic nitrogens is 1. The van der Waals surface area contributed by atoms with Gasteiger partial charge < -0.3 is 10.6 Å². The summed E-state index contributed by atoms with van der Waals surface area (Å²) in [5, 5.41) is 11.5. The third kappa shape index (κ3) is 2.39. The van der Waals surface area contributed by atoms with Crippen LogP contribution in [0.1, 0.15) is 26.2 Å². The number of nitro groups is 1. The summed E-state index contributed by atoms with van der Waals surface area (Å²) in [6, 6.07) is 0.604. The predicted molar refractivity (Wildman–Crippen MR) is 67.4 cm³/mol. The number of hydrogen-bond donors (Lipinski definition) is 1. The highest BCUT2D eigenvalue weighted by molar-refractivity contribution is 7.18.